The number of aromatic nitrogens is 1. The van der Waals surface area contributed by atoms with Crippen LogP contribution in [0.3, 0.4) is 0 Å². The molecule has 0 bridgehead atoms. The molecule has 0 saturated carbocycles. The van der Waals surface area contributed by atoms with E-state index < -0.39 is 42.6 Å². The molecule has 1 N–H and O–H groups in total. The number of ether oxygens (including phenoxy) is 3. The summed E-state index contributed by atoms with van der Waals surface area (Å²) in [5, 5.41) is 10.3. The van der Waals surface area contributed by atoms with Crippen LogP contribution in [0.5, 0.6) is 0 Å². The summed E-state index contributed by atoms with van der Waals surface area (Å²) in [7, 11) is -0.466. The molecule has 0 aliphatic rings. The predicted octanol–water partition coefficient (Wildman–Crippen LogP) is 4.07. The van der Waals surface area contributed by atoms with Gasteiger partial charge in [0.15, 0.2) is 0 Å². The highest BCUT2D eigenvalue weighted by Gasteiger charge is 2.34. The SMILES string of the molecule is CC(C)(C)OC(=O)N(C(=O)OC(C)(C)C)c1cccc2c1cc(BO)n2C(=O)OC(C)(C)C. The number of amides is 2. The maximum Gasteiger partial charge on any atom is 0.424 e. The molecule has 1 heterocycles. The molecule has 2 amide bonds. The molecule has 2 aromatic rings. The van der Waals surface area contributed by atoms with Crippen molar-refractivity contribution in [3.63, 3.8) is 0 Å². The van der Waals surface area contributed by atoms with Gasteiger partial charge in [0.1, 0.15) is 16.8 Å². The number of imide groups is 1. The van der Waals surface area contributed by atoms with Gasteiger partial charge in [-0.2, -0.15) is 4.90 Å². The van der Waals surface area contributed by atoms with Gasteiger partial charge in [-0.1, -0.05) is 6.07 Å². The van der Waals surface area contributed by atoms with Gasteiger partial charge in [-0.05, 0) is 80.5 Å². The van der Waals surface area contributed by atoms with E-state index in [1.54, 1.807) is 74.4 Å². The molecule has 1 aromatic carbocycles. The van der Waals surface area contributed by atoms with Crippen LogP contribution < -0.4 is 10.5 Å². The molecule has 1 aromatic heterocycles. The van der Waals surface area contributed by atoms with E-state index >= 15 is 0 Å². The Morgan fingerprint density at radius 3 is 1.76 bits per heavy atom. The summed E-state index contributed by atoms with van der Waals surface area (Å²) in [6, 6.07) is 6.28. The Balaban J connectivity index is 2.71. The van der Waals surface area contributed by atoms with Gasteiger partial charge in [-0.15, -0.1) is 0 Å². The number of carbonyl (C=O) groups is 3. The number of rotatable bonds is 2. The fourth-order valence-corrected chi connectivity index (χ4v) is 2.99. The van der Waals surface area contributed by atoms with E-state index in [1.807, 2.05) is 0 Å². The highest BCUT2D eigenvalue weighted by Crippen LogP contribution is 2.30. The van der Waals surface area contributed by atoms with Crippen LogP contribution in [-0.2, 0) is 14.2 Å². The third-order valence-corrected chi connectivity index (χ3v) is 4.03. The van der Waals surface area contributed by atoms with Gasteiger partial charge in [0, 0.05) is 11.0 Å². The molecule has 33 heavy (non-hydrogen) atoms. The first-order chi connectivity index (χ1) is 14.9. The summed E-state index contributed by atoms with van der Waals surface area (Å²) < 4.78 is 17.6. The molecule has 9 nitrogen and oxygen atoms in total. The maximum absolute atomic E-state index is 13.1. The summed E-state index contributed by atoms with van der Waals surface area (Å²) in [5.41, 5.74) is -1.78. The fraction of sp³-hybridized carbons (Fsp3) is 0.522. The van der Waals surface area contributed by atoms with Crippen molar-refractivity contribution in [3.05, 3.63) is 24.3 Å². The molecule has 2 rings (SSSR count). The number of hydrogen-bond donors (Lipinski definition) is 1. The minimum Gasteiger partial charge on any atom is -0.448 e. The second kappa shape index (κ2) is 9.09. The summed E-state index contributed by atoms with van der Waals surface area (Å²) in [4.78, 5) is 39.8. The monoisotopic (exact) mass is 460 g/mol. The lowest BCUT2D eigenvalue weighted by atomic mass is 9.96. The average molecular weight is 460 g/mol. The third-order valence-electron chi connectivity index (χ3n) is 4.03. The van der Waals surface area contributed by atoms with Crippen molar-refractivity contribution in [2.45, 2.75) is 79.1 Å². The minimum absolute atomic E-state index is 0.146. The maximum atomic E-state index is 13.1. The molecule has 0 saturated heterocycles. The largest absolute Gasteiger partial charge is 0.448 e. The number of hydrogen-bond acceptors (Lipinski definition) is 7. The normalized spacial score (nSPS) is 12.3. The molecule has 0 spiro atoms. The van der Waals surface area contributed by atoms with E-state index in [4.69, 9.17) is 14.2 Å². The van der Waals surface area contributed by atoms with E-state index in [0.29, 0.717) is 10.9 Å². The molecule has 180 valence electrons. The van der Waals surface area contributed by atoms with Crippen LogP contribution in [0.15, 0.2) is 24.3 Å². The summed E-state index contributed by atoms with van der Waals surface area (Å²) in [5.74, 6) is 0. The smallest absolute Gasteiger partial charge is 0.424 e. The zero-order valence-electron chi connectivity index (χ0n) is 20.8. The van der Waals surface area contributed by atoms with Gasteiger partial charge in [0.05, 0.1) is 11.2 Å². The standard InChI is InChI=1S/C23H33BN2O7/c1-21(2,3)31-18(27)25-15-11-10-12-16(14(15)13-17(25)24-30)26(19(28)32-22(4,5)6)20(29)33-23(7,8)9/h10-13,24,30H,1-9H3. The lowest BCUT2D eigenvalue weighted by molar-refractivity contribution is 0.0429. The fourth-order valence-electron chi connectivity index (χ4n) is 2.99. The van der Waals surface area contributed by atoms with E-state index in [-0.39, 0.29) is 11.3 Å². The number of benzene rings is 1. The van der Waals surface area contributed by atoms with Crippen molar-refractivity contribution >= 4 is 47.9 Å². The van der Waals surface area contributed by atoms with Gasteiger partial charge >= 0.3 is 25.8 Å². The number of carbonyl (C=O) groups excluding carboxylic acids is 3. The van der Waals surface area contributed by atoms with Crippen LogP contribution in [0.4, 0.5) is 20.1 Å². The van der Waals surface area contributed by atoms with Crippen molar-refractivity contribution in [1.29, 1.82) is 0 Å². The quantitative estimate of drug-likeness (QED) is 0.532. The number of nitrogens with zero attached hydrogens (tertiary/aromatic N) is 2. The Labute approximate surface area is 194 Å². The van der Waals surface area contributed by atoms with Crippen molar-refractivity contribution < 1.29 is 33.6 Å². The van der Waals surface area contributed by atoms with E-state index in [9.17, 15) is 19.4 Å². The molecule has 0 unspecified atom stereocenters. The molecule has 0 aliphatic carbocycles. The van der Waals surface area contributed by atoms with E-state index in [2.05, 4.69) is 0 Å². The predicted molar refractivity (Wildman–Crippen MR) is 128 cm³/mol. The summed E-state index contributed by atoms with van der Waals surface area (Å²) in [6.07, 6.45) is -2.56. The first-order valence-corrected chi connectivity index (χ1v) is 10.7. The lowest BCUT2D eigenvalue weighted by Crippen LogP contribution is -2.43. The molecule has 0 fully saturated rings. The average Bonchev–Trinajstić information content (AvgIpc) is 2.96. The van der Waals surface area contributed by atoms with Gasteiger partial charge in [-0.3, -0.25) is 4.57 Å². The molecule has 10 heteroatoms. The lowest BCUT2D eigenvalue weighted by Gasteiger charge is -2.29. The molecule has 0 aliphatic heterocycles. The van der Waals surface area contributed by atoms with Gasteiger partial charge in [0.2, 0.25) is 0 Å². The van der Waals surface area contributed by atoms with Crippen LogP contribution >= 0.6 is 0 Å². The summed E-state index contributed by atoms with van der Waals surface area (Å²) >= 11 is 0. The number of fused-ring (bicyclic) bond motifs is 1. The van der Waals surface area contributed by atoms with Crippen LogP contribution in [0.1, 0.15) is 62.3 Å². The second-order valence-corrected chi connectivity index (χ2v) is 10.6. The number of anilines is 1. The Kier molecular flexibility index (Phi) is 7.23. The third kappa shape index (κ3) is 6.74. The molecular formula is C23H33BN2O7. The molecule has 0 radical (unpaired) electrons. The van der Waals surface area contributed by atoms with Crippen molar-refractivity contribution in [3.8, 4) is 0 Å². The zero-order chi connectivity index (χ0) is 25.4. The highest BCUT2D eigenvalue weighted by atomic mass is 16.6. The van der Waals surface area contributed by atoms with Gasteiger partial charge in [0.25, 0.3) is 0 Å². The van der Waals surface area contributed by atoms with Crippen LogP contribution in [0, 0.1) is 0 Å². The topological polar surface area (TPSA) is 107 Å². The Bertz CT molecular complexity index is 1030. The first kappa shape index (κ1) is 26.2. The second-order valence-electron chi connectivity index (χ2n) is 10.6. The molecule has 0 atom stereocenters. The first-order valence-electron chi connectivity index (χ1n) is 10.7. The molecular weight excluding hydrogens is 427 g/mol. The van der Waals surface area contributed by atoms with Crippen LogP contribution in [0.25, 0.3) is 10.9 Å². The Morgan fingerprint density at radius 1 is 0.848 bits per heavy atom. The van der Waals surface area contributed by atoms with Crippen molar-refractivity contribution in [1.82, 2.24) is 4.57 Å². The van der Waals surface area contributed by atoms with Crippen LogP contribution in [-0.4, -0.2) is 52.2 Å². The van der Waals surface area contributed by atoms with Gasteiger partial charge in [-0.25, -0.2) is 14.4 Å². The van der Waals surface area contributed by atoms with E-state index in [1.165, 1.54) is 16.7 Å². The van der Waals surface area contributed by atoms with Crippen LogP contribution in [0.2, 0.25) is 0 Å². The van der Waals surface area contributed by atoms with Crippen molar-refractivity contribution in [2.24, 2.45) is 0 Å². The highest BCUT2D eigenvalue weighted by molar-refractivity contribution is 6.46. The Hall–Kier alpha value is -3.01. The summed E-state index contributed by atoms with van der Waals surface area (Å²) in [6.45, 7) is 15.3. The van der Waals surface area contributed by atoms with Gasteiger partial charge < -0.3 is 19.2 Å². The van der Waals surface area contributed by atoms with E-state index in [0.717, 1.165) is 4.90 Å². The minimum atomic E-state index is -0.931. The Morgan fingerprint density at radius 2 is 1.33 bits per heavy atom. The van der Waals surface area contributed by atoms with Crippen molar-refractivity contribution in [2.75, 3.05) is 4.90 Å². The zero-order valence-corrected chi connectivity index (χ0v) is 20.8.